The lowest BCUT2D eigenvalue weighted by Crippen LogP contribution is -2.49. The van der Waals surface area contributed by atoms with Gasteiger partial charge in [0.25, 0.3) is 0 Å². The van der Waals surface area contributed by atoms with Gasteiger partial charge < -0.3 is 20.1 Å². The number of rotatable bonds is 5. The highest BCUT2D eigenvalue weighted by Crippen LogP contribution is 2.29. The Morgan fingerprint density at radius 2 is 2.00 bits per heavy atom. The fourth-order valence-corrected chi connectivity index (χ4v) is 3.79. The lowest BCUT2D eigenvalue weighted by Gasteiger charge is -2.35. The predicted octanol–water partition coefficient (Wildman–Crippen LogP) is 2.21. The summed E-state index contributed by atoms with van der Waals surface area (Å²) in [6, 6.07) is 6.43. The number of ether oxygens (including phenoxy) is 2. The number of hydrogen-bond donors (Lipinski definition) is 2. The number of urea groups is 1. The van der Waals surface area contributed by atoms with Crippen molar-refractivity contribution in [2.45, 2.75) is 25.8 Å². The number of nitrogens with zero attached hydrogens (tertiary/aromatic N) is 1. The van der Waals surface area contributed by atoms with Gasteiger partial charge in [-0.1, -0.05) is 19.1 Å². The molecule has 0 saturated carbocycles. The lowest BCUT2D eigenvalue weighted by molar-refractivity contribution is -0.136. The van der Waals surface area contributed by atoms with Crippen molar-refractivity contribution >= 4 is 12.0 Å². The molecule has 0 bridgehead atoms. The molecule has 0 aliphatic carbocycles. The smallest absolute Gasteiger partial charge is 0.338 e. The van der Waals surface area contributed by atoms with Crippen molar-refractivity contribution in [2.24, 2.45) is 5.92 Å². The van der Waals surface area contributed by atoms with Gasteiger partial charge >= 0.3 is 12.0 Å². The summed E-state index contributed by atoms with van der Waals surface area (Å²) in [5, 5.41) is 5.67. The van der Waals surface area contributed by atoms with Crippen molar-refractivity contribution in [1.29, 1.82) is 0 Å². The summed E-state index contributed by atoms with van der Waals surface area (Å²) >= 11 is 0. The van der Waals surface area contributed by atoms with Gasteiger partial charge in [-0.3, -0.25) is 4.90 Å². The van der Waals surface area contributed by atoms with E-state index in [1.807, 2.05) is 24.3 Å². The van der Waals surface area contributed by atoms with Gasteiger partial charge in [0.2, 0.25) is 0 Å². The topological polar surface area (TPSA) is 79.9 Å². The number of esters is 1. The van der Waals surface area contributed by atoms with E-state index in [9.17, 15) is 9.59 Å². The molecule has 146 valence electrons. The fraction of sp³-hybridized carbons (Fsp3) is 0.500. The highest BCUT2D eigenvalue weighted by Gasteiger charge is 2.34. The Hall–Kier alpha value is -2.54. The number of hydrogen-bond acceptors (Lipinski definition) is 5. The van der Waals surface area contributed by atoms with E-state index >= 15 is 0 Å². The molecule has 3 rings (SSSR count). The van der Waals surface area contributed by atoms with Crippen LogP contribution in [-0.4, -0.2) is 50.8 Å². The lowest BCUT2D eigenvalue weighted by atomic mass is 9.94. The largest absolute Gasteiger partial charge is 0.497 e. The third-order valence-corrected chi connectivity index (χ3v) is 5.13. The molecule has 1 fully saturated rings. The number of amides is 2. The van der Waals surface area contributed by atoms with E-state index in [1.54, 1.807) is 7.11 Å². The zero-order chi connectivity index (χ0) is 19.4. The number of piperidine rings is 1. The monoisotopic (exact) mass is 373 g/mol. The molecule has 2 atom stereocenters. The van der Waals surface area contributed by atoms with E-state index in [2.05, 4.69) is 22.5 Å². The average Bonchev–Trinajstić information content (AvgIpc) is 2.67. The second-order valence-corrected chi connectivity index (χ2v) is 7.17. The minimum Gasteiger partial charge on any atom is -0.497 e. The van der Waals surface area contributed by atoms with Gasteiger partial charge in [-0.2, -0.15) is 0 Å². The molecule has 2 heterocycles. The SMILES string of the molecule is COC(=O)C1=C(CN2CCC[C@@H](C)C2)NC(=O)N[C@H]1c1ccc(OC)cc1. The van der Waals surface area contributed by atoms with Crippen molar-refractivity contribution < 1.29 is 19.1 Å². The number of benzene rings is 1. The van der Waals surface area contributed by atoms with Crippen LogP contribution in [0.2, 0.25) is 0 Å². The van der Waals surface area contributed by atoms with Gasteiger partial charge in [0.05, 0.1) is 25.8 Å². The first-order valence-corrected chi connectivity index (χ1v) is 9.27. The molecular formula is C20H27N3O4. The van der Waals surface area contributed by atoms with E-state index in [4.69, 9.17) is 9.47 Å². The summed E-state index contributed by atoms with van der Waals surface area (Å²) in [6.45, 7) is 4.66. The van der Waals surface area contributed by atoms with Crippen LogP contribution in [0.3, 0.4) is 0 Å². The molecule has 0 radical (unpaired) electrons. The zero-order valence-corrected chi connectivity index (χ0v) is 16.1. The third-order valence-electron chi connectivity index (χ3n) is 5.13. The van der Waals surface area contributed by atoms with Crippen molar-refractivity contribution in [1.82, 2.24) is 15.5 Å². The maximum Gasteiger partial charge on any atom is 0.338 e. The van der Waals surface area contributed by atoms with E-state index in [1.165, 1.54) is 13.5 Å². The molecule has 0 aromatic heterocycles. The fourth-order valence-electron chi connectivity index (χ4n) is 3.79. The molecule has 1 saturated heterocycles. The molecular weight excluding hydrogens is 346 g/mol. The summed E-state index contributed by atoms with van der Waals surface area (Å²) in [6.07, 6.45) is 2.33. The van der Waals surface area contributed by atoms with Crippen LogP contribution in [-0.2, 0) is 9.53 Å². The molecule has 7 heteroatoms. The molecule has 1 aromatic rings. The first-order chi connectivity index (χ1) is 13.0. The van der Waals surface area contributed by atoms with Crippen LogP contribution in [0.4, 0.5) is 4.79 Å². The van der Waals surface area contributed by atoms with Crippen molar-refractivity contribution in [3.63, 3.8) is 0 Å². The number of likely N-dealkylation sites (tertiary alicyclic amines) is 1. The number of nitrogens with one attached hydrogen (secondary N) is 2. The van der Waals surface area contributed by atoms with Gasteiger partial charge in [0.1, 0.15) is 5.75 Å². The van der Waals surface area contributed by atoms with E-state index in [0.717, 1.165) is 25.1 Å². The molecule has 2 aliphatic heterocycles. The molecule has 0 spiro atoms. The molecule has 0 unspecified atom stereocenters. The maximum absolute atomic E-state index is 12.6. The minimum absolute atomic E-state index is 0.316. The van der Waals surface area contributed by atoms with Gasteiger partial charge in [-0.25, -0.2) is 9.59 Å². The van der Waals surface area contributed by atoms with Crippen molar-refractivity contribution in [2.75, 3.05) is 33.9 Å². The van der Waals surface area contributed by atoms with E-state index < -0.39 is 12.0 Å². The van der Waals surface area contributed by atoms with Gasteiger partial charge in [0, 0.05) is 18.8 Å². The second kappa shape index (κ2) is 8.43. The summed E-state index contributed by atoms with van der Waals surface area (Å²) < 4.78 is 10.2. The molecule has 7 nitrogen and oxygen atoms in total. The number of carbonyl (C=O) groups is 2. The van der Waals surface area contributed by atoms with E-state index in [0.29, 0.717) is 29.5 Å². The van der Waals surface area contributed by atoms with Crippen molar-refractivity contribution in [3.8, 4) is 5.75 Å². The Balaban J connectivity index is 1.94. The van der Waals surface area contributed by atoms with Crippen molar-refractivity contribution in [3.05, 3.63) is 41.1 Å². The maximum atomic E-state index is 12.6. The van der Waals surface area contributed by atoms with Crippen LogP contribution in [0.5, 0.6) is 5.75 Å². The Morgan fingerprint density at radius 3 is 2.63 bits per heavy atom. The van der Waals surface area contributed by atoms with Crippen LogP contribution in [0.15, 0.2) is 35.5 Å². The number of methoxy groups -OCH3 is 2. The first kappa shape index (κ1) is 19.2. The molecule has 27 heavy (non-hydrogen) atoms. The highest BCUT2D eigenvalue weighted by atomic mass is 16.5. The third kappa shape index (κ3) is 4.42. The number of carbonyl (C=O) groups excluding carboxylic acids is 2. The quantitative estimate of drug-likeness (QED) is 0.774. The Kier molecular flexibility index (Phi) is 6.01. The summed E-state index contributed by atoms with van der Waals surface area (Å²) in [7, 11) is 2.95. The predicted molar refractivity (Wildman–Crippen MR) is 101 cm³/mol. The van der Waals surface area contributed by atoms with Crippen LogP contribution in [0, 0.1) is 5.92 Å². The Bertz CT molecular complexity index is 729. The van der Waals surface area contributed by atoms with Gasteiger partial charge in [-0.15, -0.1) is 0 Å². The standard InChI is InChI=1S/C20H27N3O4/c1-13-5-4-10-23(11-13)12-16-17(19(24)27-3)18(22-20(25)21-16)14-6-8-15(26-2)9-7-14/h6-9,13,18H,4-5,10-12H2,1-3H3,(H2,21,22,25)/t13-,18+/m1/s1. The van der Waals surface area contributed by atoms with Crippen LogP contribution in [0.1, 0.15) is 31.4 Å². The normalized spacial score (nSPS) is 23.4. The van der Waals surface area contributed by atoms with Crippen LogP contribution >= 0.6 is 0 Å². The Morgan fingerprint density at radius 1 is 1.26 bits per heavy atom. The minimum atomic E-state index is -0.561. The summed E-state index contributed by atoms with van der Waals surface area (Å²) in [5.41, 5.74) is 1.86. The molecule has 2 amide bonds. The first-order valence-electron chi connectivity index (χ1n) is 9.27. The average molecular weight is 373 g/mol. The highest BCUT2D eigenvalue weighted by molar-refractivity contribution is 5.95. The van der Waals surface area contributed by atoms with Crippen LogP contribution in [0.25, 0.3) is 0 Å². The van der Waals surface area contributed by atoms with Crippen LogP contribution < -0.4 is 15.4 Å². The molecule has 1 aromatic carbocycles. The van der Waals surface area contributed by atoms with E-state index in [-0.39, 0.29) is 6.03 Å². The van der Waals surface area contributed by atoms with Gasteiger partial charge in [-0.05, 0) is 43.0 Å². The summed E-state index contributed by atoms with van der Waals surface area (Å²) in [5.74, 6) is 0.879. The Labute approximate surface area is 159 Å². The van der Waals surface area contributed by atoms with Gasteiger partial charge in [0.15, 0.2) is 0 Å². The summed E-state index contributed by atoms with van der Waals surface area (Å²) in [4.78, 5) is 27.2. The zero-order valence-electron chi connectivity index (χ0n) is 16.1. The molecule has 2 N–H and O–H groups in total. The second-order valence-electron chi connectivity index (χ2n) is 7.17. The molecule has 2 aliphatic rings.